The van der Waals surface area contributed by atoms with Crippen molar-refractivity contribution in [1.82, 2.24) is 0 Å². The van der Waals surface area contributed by atoms with Gasteiger partial charge in [-0.2, -0.15) is 13.2 Å². The number of alkyl halides is 3. The van der Waals surface area contributed by atoms with E-state index >= 15 is 0 Å². The van der Waals surface area contributed by atoms with E-state index in [1.807, 2.05) is 12.1 Å². The molecule has 1 heterocycles. The third-order valence-corrected chi connectivity index (χ3v) is 7.67. The van der Waals surface area contributed by atoms with Crippen LogP contribution in [0.4, 0.5) is 28.9 Å². The smallest absolute Gasteiger partial charge is 0.323 e. The van der Waals surface area contributed by atoms with Gasteiger partial charge in [0.1, 0.15) is 5.82 Å². The highest BCUT2D eigenvalue weighted by Crippen LogP contribution is 2.39. The molecule has 3 aromatic rings. The maximum absolute atomic E-state index is 14.2. The maximum Gasteiger partial charge on any atom is 0.416 e. The fourth-order valence-electron chi connectivity index (χ4n) is 5.61. The molecule has 3 aromatic carbocycles. The molecule has 0 spiro atoms. The second-order valence-electron chi connectivity index (χ2n) is 10.1. The van der Waals surface area contributed by atoms with Crippen molar-refractivity contribution in [2.45, 2.75) is 51.1 Å². The Morgan fingerprint density at radius 1 is 0.947 bits per heavy atom. The lowest BCUT2D eigenvalue weighted by Crippen LogP contribution is -2.28. The van der Waals surface area contributed by atoms with Crippen LogP contribution in [0.5, 0.6) is 0 Å². The number of carbonyl (C=O) groups excluding carboxylic acids is 2. The lowest BCUT2D eigenvalue weighted by atomic mass is 9.77. The van der Waals surface area contributed by atoms with Crippen LogP contribution in [0.25, 0.3) is 11.1 Å². The fourth-order valence-corrected chi connectivity index (χ4v) is 5.61. The molecule has 38 heavy (non-hydrogen) atoms. The summed E-state index contributed by atoms with van der Waals surface area (Å²) >= 11 is 0. The third-order valence-electron chi connectivity index (χ3n) is 7.67. The number of rotatable bonds is 4. The molecule has 1 aliphatic heterocycles. The summed E-state index contributed by atoms with van der Waals surface area (Å²) in [7, 11) is 0. The number of carbonyl (C=O) groups is 2. The molecule has 2 amide bonds. The van der Waals surface area contributed by atoms with Crippen LogP contribution >= 0.6 is 0 Å². The first-order valence-corrected chi connectivity index (χ1v) is 12.8. The molecular formula is C30H28F4N2O2. The summed E-state index contributed by atoms with van der Waals surface area (Å²) in [6, 6.07) is 16.6. The molecule has 8 heteroatoms. The van der Waals surface area contributed by atoms with Crippen molar-refractivity contribution in [3.8, 4) is 11.1 Å². The molecule has 0 saturated heterocycles. The van der Waals surface area contributed by atoms with E-state index in [0.717, 1.165) is 59.3 Å². The van der Waals surface area contributed by atoms with Gasteiger partial charge >= 0.3 is 6.18 Å². The predicted octanol–water partition coefficient (Wildman–Crippen LogP) is 7.33. The minimum Gasteiger partial charge on any atom is -0.323 e. The average molecular weight is 525 g/mol. The van der Waals surface area contributed by atoms with Gasteiger partial charge in [0.25, 0.3) is 0 Å². The van der Waals surface area contributed by atoms with E-state index in [2.05, 4.69) is 35.6 Å². The van der Waals surface area contributed by atoms with Gasteiger partial charge in [0.15, 0.2) is 0 Å². The van der Waals surface area contributed by atoms with Crippen LogP contribution in [0.15, 0.2) is 60.7 Å². The van der Waals surface area contributed by atoms with E-state index < -0.39 is 17.6 Å². The second kappa shape index (κ2) is 10.2. The maximum atomic E-state index is 14.2. The summed E-state index contributed by atoms with van der Waals surface area (Å²) in [4.78, 5) is 26.5. The largest absolute Gasteiger partial charge is 0.416 e. The summed E-state index contributed by atoms with van der Waals surface area (Å²) in [5, 5.41) is 2.49. The van der Waals surface area contributed by atoms with Crippen LogP contribution in [-0.2, 0) is 22.2 Å². The van der Waals surface area contributed by atoms with Gasteiger partial charge in [0.05, 0.1) is 11.3 Å². The number of hydrogen-bond acceptors (Lipinski definition) is 2. The summed E-state index contributed by atoms with van der Waals surface area (Å²) in [6.07, 6.45) is -0.813. The molecule has 0 aromatic heterocycles. The van der Waals surface area contributed by atoms with E-state index in [-0.39, 0.29) is 29.3 Å². The lowest BCUT2D eigenvalue weighted by molar-refractivity contribution is -0.137. The van der Waals surface area contributed by atoms with E-state index in [1.54, 1.807) is 11.8 Å². The number of nitrogens with zero attached hydrogens (tertiary/aromatic N) is 1. The Kier molecular flexibility index (Phi) is 6.99. The van der Waals surface area contributed by atoms with E-state index in [9.17, 15) is 27.2 Å². The Morgan fingerprint density at radius 3 is 2.37 bits per heavy atom. The van der Waals surface area contributed by atoms with E-state index in [1.165, 1.54) is 0 Å². The van der Waals surface area contributed by atoms with E-state index in [4.69, 9.17) is 0 Å². The van der Waals surface area contributed by atoms with Gasteiger partial charge in [-0.1, -0.05) is 36.8 Å². The second-order valence-corrected chi connectivity index (χ2v) is 10.1. The minimum absolute atomic E-state index is 0.0461. The molecule has 4 nitrogen and oxygen atoms in total. The number of halogens is 4. The fraction of sp³-hybridized carbons (Fsp3) is 0.333. The van der Waals surface area contributed by atoms with Gasteiger partial charge in [-0.25, -0.2) is 4.39 Å². The average Bonchev–Trinajstić information content (AvgIpc) is 3.33. The first-order chi connectivity index (χ1) is 18.1. The molecule has 1 aliphatic carbocycles. The van der Waals surface area contributed by atoms with Crippen molar-refractivity contribution in [2.75, 3.05) is 16.8 Å². The van der Waals surface area contributed by atoms with Crippen LogP contribution in [0, 0.1) is 11.7 Å². The monoisotopic (exact) mass is 524 g/mol. The zero-order valence-electron chi connectivity index (χ0n) is 20.9. The summed E-state index contributed by atoms with van der Waals surface area (Å²) in [5.74, 6) is -1.62. The van der Waals surface area contributed by atoms with E-state index in [0.29, 0.717) is 25.5 Å². The molecular weight excluding hydrogens is 496 g/mol. The predicted molar refractivity (Wildman–Crippen MR) is 138 cm³/mol. The van der Waals surface area contributed by atoms with Gasteiger partial charge in [-0.15, -0.1) is 0 Å². The Bertz CT molecular complexity index is 1370. The summed E-state index contributed by atoms with van der Waals surface area (Å²) in [5.41, 5.74) is 4.08. The lowest BCUT2D eigenvalue weighted by Gasteiger charge is -2.29. The molecule has 2 unspecified atom stereocenters. The number of benzene rings is 3. The molecule has 2 aliphatic rings. The van der Waals surface area contributed by atoms with Crippen molar-refractivity contribution in [3.05, 3.63) is 83.2 Å². The zero-order chi connectivity index (χ0) is 27.0. The topological polar surface area (TPSA) is 49.4 Å². The molecule has 5 rings (SSSR count). The van der Waals surface area contributed by atoms with Crippen molar-refractivity contribution in [2.24, 2.45) is 5.92 Å². The highest BCUT2D eigenvalue weighted by Gasteiger charge is 2.32. The minimum atomic E-state index is -4.65. The molecule has 1 N–H and O–H groups in total. The van der Waals surface area contributed by atoms with Crippen LogP contribution in [0.1, 0.15) is 55.2 Å². The Balaban J connectivity index is 1.25. The SMILES string of the molecule is CC(=O)N1CCc2cc(-c3ccc(C4CCCC(C(=O)Nc5ccc(C(F)(F)F)cc5F)C4)cc3)ccc21. The molecule has 1 fully saturated rings. The van der Waals surface area contributed by atoms with Gasteiger partial charge in [-0.05, 0) is 84.2 Å². The molecule has 1 saturated carbocycles. The molecule has 0 radical (unpaired) electrons. The highest BCUT2D eigenvalue weighted by molar-refractivity contribution is 5.94. The molecule has 0 bridgehead atoms. The van der Waals surface area contributed by atoms with Crippen molar-refractivity contribution < 1.29 is 27.2 Å². The number of amides is 2. The van der Waals surface area contributed by atoms with Crippen molar-refractivity contribution in [3.63, 3.8) is 0 Å². The Hall–Kier alpha value is -3.68. The van der Waals surface area contributed by atoms with Crippen molar-refractivity contribution in [1.29, 1.82) is 0 Å². The quantitative estimate of drug-likeness (QED) is 0.363. The summed E-state index contributed by atoms with van der Waals surface area (Å²) in [6.45, 7) is 2.28. The number of hydrogen-bond donors (Lipinski definition) is 1. The Morgan fingerprint density at radius 2 is 1.68 bits per heavy atom. The van der Waals surface area contributed by atoms with Crippen LogP contribution in [-0.4, -0.2) is 18.4 Å². The molecule has 198 valence electrons. The standard InChI is InChI=1S/C30H28F4N2O2/c1-18(37)36-14-13-23-15-22(9-12-28(23)36)20-7-5-19(6-8-20)21-3-2-4-24(16-21)29(38)35-27-11-10-25(17-26(27)31)30(32,33)34/h5-12,15,17,21,24H,2-4,13-14,16H2,1H3,(H,35,38). The first kappa shape index (κ1) is 25.9. The molecule has 2 atom stereocenters. The van der Waals surface area contributed by atoms with Crippen LogP contribution in [0.3, 0.4) is 0 Å². The first-order valence-electron chi connectivity index (χ1n) is 12.8. The van der Waals surface area contributed by atoms with Crippen LogP contribution in [0.2, 0.25) is 0 Å². The normalized spacial score (nSPS) is 19.2. The number of anilines is 2. The summed E-state index contributed by atoms with van der Waals surface area (Å²) < 4.78 is 52.6. The van der Waals surface area contributed by atoms with Crippen molar-refractivity contribution >= 4 is 23.2 Å². The highest BCUT2D eigenvalue weighted by atomic mass is 19.4. The number of nitrogens with one attached hydrogen (secondary N) is 1. The van der Waals surface area contributed by atoms with Crippen LogP contribution < -0.4 is 10.2 Å². The third kappa shape index (κ3) is 5.30. The number of fused-ring (bicyclic) bond motifs is 1. The van der Waals surface area contributed by atoms with Gasteiger partial charge < -0.3 is 10.2 Å². The van der Waals surface area contributed by atoms with Gasteiger partial charge in [0.2, 0.25) is 11.8 Å². The van der Waals surface area contributed by atoms with Gasteiger partial charge in [0, 0.05) is 25.1 Å². The Labute approximate surface area is 218 Å². The van der Waals surface area contributed by atoms with Gasteiger partial charge in [-0.3, -0.25) is 9.59 Å². The zero-order valence-corrected chi connectivity index (χ0v) is 20.9.